The summed E-state index contributed by atoms with van der Waals surface area (Å²) in [5.41, 5.74) is 0.547. The van der Waals surface area contributed by atoms with E-state index in [0.717, 1.165) is 4.47 Å². The van der Waals surface area contributed by atoms with Crippen LogP contribution >= 0.6 is 15.9 Å². The summed E-state index contributed by atoms with van der Waals surface area (Å²) in [4.78, 5) is 23.2. The van der Waals surface area contributed by atoms with Gasteiger partial charge in [-0.25, -0.2) is 4.79 Å². The lowest BCUT2D eigenvalue weighted by atomic mass is 10.3. The quantitative estimate of drug-likeness (QED) is 0.678. The van der Waals surface area contributed by atoms with Gasteiger partial charge in [0.1, 0.15) is 11.5 Å². The van der Waals surface area contributed by atoms with Crippen LogP contribution in [0.5, 0.6) is 11.5 Å². The lowest BCUT2D eigenvalue weighted by Crippen LogP contribution is -2.20. The number of carbonyl (C=O) groups excluding carboxylic acids is 2. The standard InChI is InChI=1S/C18H18BrNO5/c1-2-23-18(22)12-25-16-5-3-4-14(10-16)20-17(21)11-24-15-8-6-13(19)7-9-15/h3-10H,2,11-12H2,1H3,(H,20,21). The first kappa shape index (κ1) is 18.8. The summed E-state index contributed by atoms with van der Waals surface area (Å²) >= 11 is 3.33. The van der Waals surface area contributed by atoms with Gasteiger partial charge in [-0.3, -0.25) is 4.79 Å². The Kier molecular flexibility index (Phi) is 7.28. The third-order valence-corrected chi connectivity index (χ3v) is 3.49. The Morgan fingerprint density at radius 3 is 2.44 bits per heavy atom. The predicted molar refractivity (Wildman–Crippen MR) is 96.8 cm³/mol. The molecule has 0 unspecified atom stereocenters. The van der Waals surface area contributed by atoms with Crippen LogP contribution in [-0.2, 0) is 14.3 Å². The fraction of sp³-hybridized carbons (Fsp3) is 0.222. The van der Waals surface area contributed by atoms with E-state index >= 15 is 0 Å². The maximum Gasteiger partial charge on any atom is 0.344 e. The van der Waals surface area contributed by atoms with Crippen molar-refractivity contribution < 1.29 is 23.8 Å². The molecule has 0 aliphatic heterocycles. The van der Waals surface area contributed by atoms with Crippen molar-refractivity contribution in [1.82, 2.24) is 0 Å². The second-order valence-electron chi connectivity index (χ2n) is 4.91. The molecule has 0 radical (unpaired) electrons. The van der Waals surface area contributed by atoms with E-state index in [2.05, 4.69) is 21.2 Å². The number of benzene rings is 2. The number of esters is 1. The van der Waals surface area contributed by atoms with Crippen molar-refractivity contribution in [3.8, 4) is 11.5 Å². The third-order valence-electron chi connectivity index (χ3n) is 2.96. The normalized spacial score (nSPS) is 10.0. The van der Waals surface area contributed by atoms with Gasteiger partial charge >= 0.3 is 5.97 Å². The molecule has 132 valence electrons. The van der Waals surface area contributed by atoms with Crippen LogP contribution in [0.15, 0.2) is 53.0 Å². The minimum absolute atomic E-state index is 0.116. The molecule has 0 saturated carbocycles. The van der Waals surface area contributed by atoms with E-state index in [1.165, 1.54) is 0 Å². The van der Waals surface area contributed by atoms with Crippen LogP contribution in [0.25, 0.3) is 0 Å². The molecule has 1 N–H and O–H groups in total. The molecule has 0 aliphatic rings. The summed E-state index contributed by atoms with van der Waals surface area (Å²) in [6, 6.07) is 13.9. The lowest BCUT2D eigenvalue weighted by Gasteiger charge is -2.10. The molecule has 1 amide bonds. The largest absolute Gasteiger partial charge is 0.484 e. The summed E-state index contributed by atoms with van der Waals surface area (Å²) < 4.78 is 16.4. The molecule has 0 aliphatic carbocycles. The molecule has 0 fully saturated rings. The van der Waals surface area contributed by atoms with E-state index in [9.17, 15) is 9.59 Å². The number of amides is 1. The van der Waals surface area contributed by atoms with Gasteiger partial charge in [-0.15, -0.1) is 0 Å². The number of hydrogen-bond donors (Lipinski definition) is 1. The van der Waals surface area contributed by atoms with Gasteiger partial charge in [-0.2, -0.15) is 0 Å². The first-order valence-corrected chi connectivity index (χ1v) is 8.43. The van der Waals surface area contributed by atoms with Gasteiger partial charge in [0.2, 0.25) is 0 Å². The Hall–Kier alpha value is -2.54. The number of ether oxygens (including phenoxy) is 3. The van der Waals surface area contributed by atoms with Crippen molar-refractivity contribution in [2.45, 2.75) is 6.92 Å². The first-order valence-electron chi connectivity index (χ1n) is 7.63. The maximum atomic E-state index is 12.0. The van der Waals surface area contributed by atoms with Crippen LogP contribution in [0.3, 0.4) is 0 Å². The highest BCUT2D eigenvalue weighted by molar-refractivity contribution is 9.10. The number of hydrogen-bond acceptors (Lipinski definition) is 5. The summed E-state index contributed by atoms with van der Waals surface area (Å²) in [6.07, 6.45) is 0. The number of nitrogens with one attached hydrogen (secondary N) is 1. The van der Waals surface area contributed by atoms with Crippen molar-refractivity contribution in [2.75, 3.05) is 25.1 Å². The highest BCUT2D eigenvalue weighted by atomic mass is 79.9. The maximum absolute atomic E-state index is 12.0. The van der Waals surface area contributed by atoms with Gasteiger partial charge in [0, 0.05) is 16.2 Å². The molecule has 25 heavy (non-hydrogen) atoms. The summed E-state index contributed by atoms with van der Waals surface area (Å²) in [5.74, 6) is 0.315. The minimum Gasteiger partial charge on any atom is -0.484 e. The molecule has 0 atom stereocenters. The monoisotopic (exact) mass is 407 g/mol. The fourth-order valence-corrected chi connectivity index (χ4v) is 2.15. The van der Waals surface area contributed by atoms with Crippen LogP contribution in [-0.4, -0.2) is 31.7 Å². The predicted octanol–water partition coefficient (Wildman–Crippen LogP) is 3.41. The van der Waals surface area contributed by atoms with Gasteiger partial charge in [0.05, 0.1) is 6.61 Å². The molecular formula is C18H18BrNO5. The van der Waals surface area contributed by atoms with Crippen LogP contribution in [0.2, 0.25) is 0 Å². The van der Waals surface area contributed by atoms with E-state index < -0.39 is 5.97 Å². The van der Waals surface area contributed by atoms with E-state index in [1.54, 1.807) is 43.3 Å². The van der Waals surface area contributed by atoms with Gasteiger partial charge in [0.15, 0.2) is 13.2 Å². The van der Waals surface area contributed by atoms with E-state index in [0.29, 0.717) is 23.8 Å². The van der Waals surface area contributed by atoms with Crippen LogP contribution in [0, 0.1) is 0 Å². The number of anilines is 1. The van der Waals surface area contributed by atoms with Crippen molar-refractivity contribution in [2.24, 2.45) is 0 Å². The summed E-state index contributed by atoms with van der Waals surface area (Å²) in [7, 11) is 0. The molecule has 2 rings (SSSR count). The molecule has 0 heterocycles. The van der Waals surface area contributed by atoms with E-state index in [1.807, 2.05) is 12.1 Å². The van der Waals surface area contributed by atoms with Gasteiger partial charge in [-0.05, 0) is 43.3 Å². The Bertz CT molecular complexity index is 718. The Morgan fingerprint density at radius 2 is 1.72 bits per heavy atom. The topological polar surface area (TPSA) is 73.9 Å². The highest BCUT2D eigenvalue weighted by Gasteiger charge is 2.07. The van der Waals surface area contributed by atoms with Crippen molar-refractivity contribution >= 4 is 33.5 Å². The first-order chi connectivity index (χ1) is 12.1. The van der Waals surface area contributed by atoms with E-state index in [-0.39, 0.29) is 19.1 Å². The zero-order chi connectivity index (χ0) is 18.1. The molecule has 2 aromatic rings. The Balaban J connectivity index is 1.82. The Labute approximate surface area is 154 Å². The average Bonchev–Trinajstić information content (AvgIpc) is 2.60. The van der Waals surface area contributed by atoms with Gasteiger partial charge in [0.25, 0.3) is 5.91 Å². The zero-order valence-corrected chi connectivity index (χ0v) is 15.2. The molecule has 6 nitrogen and oxygen atoms in total. The zero-order valence-electron chi connectivity index (χ0n) is 13.7. The average molecular weight is 408 g/mol. The summed E-state index contributed by atoms with van der Waals surface area (Å²) in [6.45, 7) is 1.73. The van der Waals surface area contributed by atoms with Crippen LogP contribution in [0.1, 0.15) is 6.92 Å². The molecular weight excluding hydrogens is 390 g/mol. The smallest absolute Gasteiger partial charge is 0.344 e. The summed E-state index contributed by atoms with van der Waals surface area (Å²) in [5, 5.41) is 2.71. The van der Waals surface area contributed by atoms with Crippen molar-refractivity contribution in [3.63, 3.8) is 0 Å². The van der Waals surface area contributed by atoms with Crippen molar-refractivity contribution in [3.05, 3.63) is 53.0 Å². The second-order valence-corrected chi connectivity index (χ2v) is 5.83. The lowest BCUT2D eigenvalue weighted by molar-refractivity contribution is -0.145. The molecule has 0 bridgehead atoms. The fourth-order valence-electron chi connectivity index (χ4n) is 1.89. The Morgan fingerprint density at radius 1 is 1.00 bits per heavy atom. The molecule has 0 spiro atoms. The molecule has 0 saturated heterocycles. The number of rotatable bonds is 8. The number of halogens is 1. The van der Waals surface area contributed by atoms with Gasteiger partial charge < -0.3 is 19.5 Å². The number of carbonyl (C=O) groups is 2. The van der Waals surface area contributed by atoms with Crippen LogP contribution < -0.4 is 14.8 Å². The van der Waals surface area contributed by atoms with Crippen LogP contribution in [0.4, 0.5) is 5.69 Å². The molecule has 2 aromatic carbocycles. The third kappa shape index (κ3) is 6.84. The minimum atomic E-state index is -0.445. The van der Waals surface area contributed by atoms with E-state index in [4.69, 9.17) is 14.2 Å². The highest BCUT2D eigenvalue weighted by Crippen LogP contribution is 2.18. The van der Waals surface area contributed by atoms with Gasteiger partial charge in [-0.1, -0.05) is 22.0 Å². The second kappa shape index (κ2) is 9.68. The SMILES string of the molecule is CCOC(=O)COc1cccc(NC(=O)COc2ccc(Br)cc2)c1. The van der Waals surface area contributed by atoms with Crippen molar-refractivity contribution in [1.29, 1.82) is 0 Å². The molecule has 7 heteroatoms. The molecule has 0 aromatic heterocycles.